The summed E-state index contributed by atoms with van der Waals surface area (Å²) in [5, 5.41) is 14.8. The van der Waals surface area contributed by atoms with E-state index in [1.165, 1.54) is 5.56 Å². The minimum atomic E-state index is -0.0354. The predicted octanol–water partition coefficient (Wildman–Crippen LogP) is 3.90. The number of aromatic nitrogens is 3. The molecule has 2 aromatic heterocycles. The van der Waals surface area contributed by atoms with Gasteiger partial charge in [-0.25, -0.2) is 9.97 Å². The van der Waals surface area contributed by atoms with E-state index >= 15 is 0 Å². The highest BCUT2D eigenvalue weighted by molar-refractivity contribution is 6.11. The first-order valence-electron chi connectivity index (χ1n) is 8.90. The Kier molecular flexibility index (Phi) is 3.34. The van der Waals surface area contributed by atoms with E-state index in [0.29, 0.717) is 16.6 Å². The predicted molar refractivity (Wildman–Crippen MR) is 105 cm³/mol. The van der Waals surface area contributed by atoms with Crippen molar-refractivity contribution in [2.75, 3.05) is 0 Å². The third-order valence-electron chi connectivity index (χ3n) is 5.12. The molecular formula is C23H17N3O. The maximum atomic E-state index is 13.3. The highest BCUT2D eigenvalue weighted by Gasteiger charge is 2.19. The lowest BCUT2D eigenvalue weighted by Crippen LogP contribution is -2.31. The first-order chi connectivity index (χ1) is 13.1. The fourth-order valence-electron chi connectivity index (χ4n) is 3.57. The molecule has 0 bridgehead atoms. The van der Waals surface area contributed by atoms with Crippen LogP contribution in [0.2, 0.25) is 0 Å². The lowest BCUT2D eigenvalue weighted by molar-refractivity contribution is -0.598. The monoisotopic (exact) mass is 351 g/mol. The lowest BCUT2D eigenvalue weighted by atomic mass is 10.0. The fourth-order valence-corrected chi connectivity index (χ4v) is 3.57. The summed E-state index contributed by atoms with van der Waals surface area (Å²) in [5.41, 5.74) is 5.91. The Morgan fingerprint density at radius 1 is 0.741 bits per heavy atom. The van der Waals surface area contributed by atoms with Crippen molar-refractivity contribution in [1.29, 1.82) is 0 Å². The second kappa shape index (κ2) is 5.74. The molecule has 3 aromatic carbocycles. The summed E-state index contributed by atoms with van der Waals surface area (Å²) in [5.74, 6) is -0.0354. The van der Waals surface area contributed by atoms with E-state index < -0.39 is 0 Å². The Hall–Kier alpha value is -3.53. The second-order valence-electron chi connectivity index (χ2n) is 6.85. The van der Waals surface area contributed by atoms with E-state index in [1.807, 2.05) is 65.5 Å². The van der Waals surface area contributed by atoms with Gasteiger partial charge in [-0.15, -0.1) is 0 Å². The van der Waals surface area contributed by atoms with E-state index in [9.17, 15) is 5.11 Å². The van der Waals surface area contributed by atoms with Gasteiger partial charge in [0.25, 0.3) is 0 Å². The Labute approximate surface area is 156 Å². The van der Waals surface area contributed by atoms with Gasteiger partial charge in [0.15, 0.2) is 17.9 Å². The van der Waals surface area contributed by atoms with Crippen molar-refractivity contribution in [3.05, 3.63) is 78.1 Å². The molecule has 0 aliphatic carbocycles. The molecule has 27 heavy (non-hydrogen) atoms. The quantitative estimate of drug-likeness (QED) is 0.261. The number of rotatable bonds is 1. The molecule has 0 aliphatic heterocycles. The zero-order chi connectivity index (χ0) is 18.5. The van der Waals surface area contributed by atoms with Gasteiger partial charge in [-0.2, -0.15) is 4.57 Å². The van der Waals surface area contributed by atoms with Gasteiger partial charge in [0, 0.05) is 17.5 Å². The van der Waals surface area contributed by atoms with Gasteiger partial charge in [0.1, 0.15) is 5.52 Å². The van der Waals surface area contributed by atoms with E-state index in [4.69, 9.17) is 9.97 Å². The van der Waals surface area contributed by atoms with Crippen LogP contribution in [0.25, 0.3) is 38.5 Å². The molecule has 5 rings (SSSR count). The molecule has 4 nitrogen and oxygen atoms in total. The first kappa shape index (κ1) is 15.7. The number of benzene rings is 3. The van der Waals surface area contributed by atoms with Crippen molar-refractivity contribution in [2.45, 2.75) is 13.8 Å². The number of aryl methyl sites for hydroxylation is 2. The Balaban J connectivity index is 2.04. The molecule has 0 saturated heterocycles. The SMILES string of the molecule is Cc1cc2nc3c(-[n+]4ccccc4)c([O-])c4ccccc4c3nc2cc1C. The summed E-state index contributed by atoms with van der Waals surface area (Å²) >= 11 is 0. The zero-order valence-electron chi connectivity index (χ0n) is 15.1. The van der Waals surface area contributed by atoms with Gasteiger partial charge in [0.05, 0.1) is 11.0 Å². The van der Waals surface area contributed by atoms with E-state index in [2.05, 4.69) is 19.9 Å². The van der Waals surface area contributed by atoms with Crippen LogP contribution in [0.5, 0.6) is 5.75 Å². The van der Waals surface area contributed by atoms with Crippen molar-refractivity contribution >= 4 is 32.8 Å². The van der Waals surface area contributed by atoms with Crippen LogP contribution in [0.3, 0.4) is 0 Å². The van der Waals surface area contributed by atoms with Crippen molar-refractivity contribution in [2.24, 2.45) is 0 Å². The molecule has 0 atom stereocenters. The van der Waals surface area contributed by atoms with Crippen LogP contribution in [0, 0.1) is 13.8 Å². The number of fused-ring (bicyclic) bond motifs is 4. The van der Waals surface area contributed by atoms with Crippen molar-refractivity contribution in [3.8, 4) is 11.4 Å². The minimum Gasteiger partial charge on any atom is -0.867 e. The van der Waals surface area contributed by atoms with Crippen molar-refractivity contribution < 1.29 is 9.67 Å². The Morgan fingerprint density at radius 3 is 2.00 bits per heavy atom. The summed E-state index contributed by atoms with van der Waals surface area (Å²) in [7, 11) is 0. The number of nitrogens with zero attached hydrogens (tertiary/aromatic N) is 3. The van der Waals surface area contributed by atoms with Gasteiger partial charge in [-0.3, -0.25) is 0 Å². The molecule has 0 radical (unpaired) electrons. The molecule has 0 saturated carbocycles. The molecule has 4 heteroatoms. The van der Waals surface area contributed by atoms with E-state index in [-0.39, 0.29) is 5.75 Å². The highest BCUT2D eigenvalue weighted by atomic mass is 16.3. The number of hydrogen-bond acceptors (Lipinski definition) is 3. The molecule has 0 unspecified atom stereocenters. The van der Waals surface area contributed by atoms with Gasteiger partial charge in [-0.1, -0.05) is 30.3 Å². The smallest absolute Gasteiger partial charge is 0.231 e. The summed E-state index contributed by atoms with van der Waals surface area (Å²) in [4.78, 5) is 9.80. The average molecular weight is 351 g/mol. The van der Waals surface area contributed by atoms with Crippen LogP contribution in [0.4, 0.5) is 0 Å². The van der Waals surface area contributed by atoms with E-state index in [1.54, 1.807) is 0 Å². The highest BCUT2D eigenvalue weighted by Crippen LogP contribution is 2.35. The maximum Gasteiger partial charge on any atom is 0.231 e. The summed E-state index contributed by atoms with van der Waals surface area (Å²) in [6, 6.07) is 17.5. The van der Waals surface area contributed by atoms with E-state index in [0.717, 1.165) is 27.5 Å². The van der Waals surface area contributed by atoms with Crippen LogP contribution < -0.4 is 9.67 Å². The molecule has 0 fully saturated rings. The third kappa shape index (κ3) is 2.34. The van der Waals surface area contributed by atoms with Gasteiger partial charge in [0.2, 0.25) is 5.69 Å². The number of pyridine rings is 1. The van der Waals surface area contributed by atoms with Crippen LogP contribution in [-0.4, -0.2) is 9.97 Å². The summed E-state index contributed by atoms with van der Waals surface area (Å²) in [6.45, 7) is 4.14. The average Bonchev–Trinajstić information content (AvgIpc) is 2.69. The molecular weight excluding hydrogens is 334 g/mol. The largest absolute Gasteiger partial charge is 0.867 e. The zero-order valence-corrected chi connectivity index (χ0v) is 15.1. The van der Waals surface area contributed by atoms with Gasteiger partial charge >= 0.3 is 0 Å². The number of hydrogen-bond donors (Lipinski definition) is 0. The molecule has 0 spiro atoms. The normalized spacial score (nSPS) is 11.5. The van der Waals surface area contributed by atoms with Crippen molar-refractivity contribution in [1.82, 2.24) is 9.97 Å². The van der Waals surface area contributed by atoms with Crippen LogP contribution in [0.15, 0.2) is 67.0 Å². The van der Waals surface area contributed by atoms with Gasteiger partial charge in [-0.05, 0) is 48.2 Å². The molecule has 0 aliphatic rings. The molecule has 5 aromatic rings. The molecule has 2 heterocycles. The van der Waals surface area contributed by atoms with Crippen LogP contribution in [-0.2, 0) is 0 Å². The standard InChI is InChI=1S/C23H17N3O/c1-14-12-18-19(13-15(14)2)25-21-20(24-18)16-8-4-5-9-17(16)23(27)22(21)26-10-6-3-7-11-26/h3-13H,1-2H3. The fraction of sp³-hybridized carbons (Fsp3) is 0.0870. The maximum absolute atomic E-state index is 13.3. The summed E-state index contributed by atoms with van der Waals surface area (Å²) in [6.07, 6.45) is 3.74. The first-order valence-corrected chi connectivity index (χ1v) is 8.90. The summed E-state index contributed by atoms with van der Waals surface area (Å²) < 4.78 is 1.83. The molecule has 130 valence electrons. The van der Waals surface area contributed by atoms with Crippen molar-refractivity contribution in [3.63, 3.8) is 0 Å². The topological polar surface area (TPSA) is 52.7 Å². The van der Waals surface area contributed by atoms with Gasteiger partial charge < -0.3 is 5.11 Å². The lowest BCUT2D eigenvalue weighted by Gasteiger charge is -2.16. The minimum absolute atomic E-state index is 0.0354. The second-order valence-corrected chi connectivity index (χ2v) is 6.85. The third-order valence-corrected chi connectivity index (χ3v) is 5.12. The Morgan fingerprint density at radius 2 is 1.33 bits per heavy atom. The molecule has 0 N–H and O–H groups in total. The van der Waals surface area contributed by atoms with Crippen LogP contribution in [0.1, 0.15) is 11.1 Å². The van der Waals surface area contributed by atoms with Crippen LogP contribution >= 0.6 is 0 Å². The molecule has 0 amide bonds. The Bertz CT molecular complexity index is 1340.